The van der Waals surface area contributed by atoms with Gasteiger partial charge in [-0.3, -0.25) is 0 Å². The van der Waals surface area contributed by atoms with Crippen LogP contribution in [0.15, 0.2) is 17.8 Å². The molecule has 1 heterocycles. The summed E-state index contributed by atoms with van der Waals surface area (Å²) in [6.45, 7) is 3.53. The highest BCUT2D eigenvalue weighted by Crippen LogP contribution is 2.14. The zero-order valence-electron chi connectivity index (χ0n) is 9.58. The van der Waals surface area contributed by atoms with Gasteiger partial charge in [-0.05, 0) is 18.3 Å². The van der Waals surface area contributed by atoms with E-state index in [9.17, 15) is 14.9 Å². The third-order valence-corrected chi connectivity index (χ3v) is 2.27. The molecule has 7 nitrogen and oxygen atoms in total. The van der Waals surface area contributed by atoms with Crippen LogP contribution in [-0.2, 0) is 11.3 Å². The van der Waals surface area contributed by atoms with Crippen molar-refractivity contribution in [3.63, 3.8) is 0 Å². The standard InChI is InChI=1S/C10H13N3O4/c1-3-8(10(14)15)4-5-12-6-7(2)9(11-12)13(16)17/h4,6H,3,5H2,1-2H3,(H,14,15). The van der Waals surface area contributed by atoms with Gasteiger partial charge in [-0.2, -0.15) is 4.68 Å². The van der Waals surface area contributed by atoms with E-state index in [2.05, 4.69) is 5.10 Å². The maximum absolute atomic E-state index is 10.7. The van der Waals surface area contributed by atoms with Crippen molar-refractivity contribution in [2.24, 2.45) is 0 Å². The fourth-order valence-corrected chi connectivity index (χ4v) is 1.37. The van der Waals surface area contributed by atoms with E-state index in [-0.39, 0.29) is 17.9 Å². The highest BCUT2D eigenvalue weighted by atomic mass is 16.6. The molecule has 0 aliphatic heterocycles. The number of carboxylic acid groups (broad SMARTS) is 1. The normalized spacial score (nSPS) is 11.5. The van der Waals surface area contributed by atoms with Crippen molar-refractivity contribution in [1.29, 1.82) is 0 Å². The number of nitro groups is 1. The fraction of sp³-hybridized carbons (Fsp3) is 0.400. The van der Waals surface area contributed by atoms with E-state index in [1.807, 2.05) is 0 Å². The lowest BCUT2D eigenvalue weighted by Gasteiger charge is -1.96. The summed E-state index contributed by atoms with van der Waals surface area (Å²) in [6.07, 6.45) is 3.42. The zero-order valence-corrected chi connectivity index (χ0v) is 9.58. The molecule has 0 atom stereocenters. The summed E-state index contributed by atoms with van der Waals surface area (Å²) in [7, 11) is 0. The minimum Gasteiger partial charge on any atom is -0.478 e. The molecule has 0 radical (unpaired) electrons. The Labute approximate surface area is 97.5 Å². The zero-order chi connectivity index (χ0) is 13.0. The van der Waals surface area contributed by atoms with Gasteiger partial charge in [0.25, 0.3) is 0 Å². The lowest BCUT2D eigenvalue weighted by Crippen LogP contribution is -2.03. The van der Waals surface area contributed by atoms with Crippen LogP contribution in [0.5, 0.6) is 0 Å². The first-order valence-corrected chi connectivity index (χ1v) is 5.06. The minimum absolute atomic E-state index is 0.202. The second kappa shape index (κ2) is 5.24. The SMILES string of the molecule is CCC(=CCn1cc(C)c([N+](=O)[O-])n1)C(=O)O. The molecule has 17 heavy (non-hydrogen) atoms. The molecule has 92 valence electrons. The number of carboxylic acids is 1. The van der Waals surface area contributed by atoms with Gasteiger partial charge in [0, 0.05) is 5.57 Å². The van der Waals surface area contributed by atoms with E-state index < -0.39 is 10.9 Å². The van der Waals surface area contributed by atoms with Crippen molar-refractivity contribution in [2.45, 2.75) is 26.8 Å². The molecule has 1 aromatic rings. The highest BCUT2D eigenvalue weighted by molar-refractivity contribution is 5.86. The Balaban J connectivity index is 2.86. The Bertz CT molecular complexity index is 476. The number of carbonyl (C=O) groups is 1. The van der Waals surface area contributed by atoms with Crippen LogP contribution >= 0.6 is 0 Å². The number of aryl methyl sites for hydroxylation is 1. The van der Waals surface area contributed by atoms with Crippen molar-refractivity contribution in [3.8, 4) is 0 Å². The third kappa shape index (κ3) is 3.13. The maximum atomic E-state index is 10.7. The Hall–Kier alpha value is -2.18. The van der Waals surface area contributed by atoms with E-state index in [1.165, 1.54) is 17.0 Å². The topological polar surface area (TPSA) is 98.3 Å². The molecule has 7 heteroatoms. The summed E-state index contributed by atoms with van der Waals surface area (Å²) >= 11 is 0. The van der Waals surface area contributed by atoms with Crippen LogP contribution in [0.25, 0.3) is 0 Å². The maximum Gasteiger partial charge on any atom is 0.392 e. The highest BCUT2D eigenvalue weighted by Gasteiger charge is 2.16. The quantitative estimate of drug-likeness (QED) is 0.477. The van der Waals surface area contributed by atoms with Crippen LogP contribution in [0.3, 0.4) is 0 Å². The molecular formula is C10H13N3O4. The van der Waals surface area contributed by atoms with Crippen LogP contribution in [-0.4, -0.2) is 25.8 Å². The van der Waals surface area contributed by atoms with Gasteiger partial charge in [0.15, 0.2) is 0 Å². The van der Waals surface area contributed by atoms with Gasteiger partial charge in [-0.15, -0.1) is 0 Å². The van der Waals surface area contributed by atoms with Gasteiger partial charge in [0.1, 0.15) is 0 Å². The molecule has 0 saturated heterocycles. The Morgan fingerprint density at radius 2 is 2.35 bits per heavy atom. The fourth-order valence-electron chi connectivity index (χ4n) is 1.37. The molecule has 1 rings (SSSR count). The summed E-state index contributed by atoms with van der Waals surface area (Å²) in [6, 6.07) is 0. The van der Waals surface area contributed by atoms with E-state index in [4.69, 9.17) is 5.11 Å². The van der Waals surface area contributed by atoms with Crippen molar-refractivity contribution in [1.82, 2.24) is 9.78 Å². The van der Waals surface area contributed by atoms with Crippen molar-refractivity contribution < 1.29 is 14.8 Å². The van der Waals surface area contributed by atoms with E-state index in [0.29, 0.717) is 12.0 Å². The van der Waals surface area contributed by atoms with Gasteiger partial charge in [0.05, 0.1) is 23.4 Å². The van der Waals surface area contributed by atoms with Crippen LogP contribution in [0.2, 0.25) is 0 Å². The predicted octanol–water partition coefficient (Wildman–Crippen LogP) is 1.52. The molecule has 0 fully saturated rings. The molecule has 0 unspecified atom stereocenters. The van der Waals surface area contributed by atoms with Crippen LogP contribution in [0, 0.1) is 17.0 Å². The van der Waals surface area contributed by atoms with E-state index in [0.717, 1.165) is 0 Å². The number of aliphatic carboxylic acids is 1. The van der Waals surface area contributed by atoms with Crippen LogP contribution < -0.4 is 0 Å². The van der Waals surface area contributed by atoms with Crippen molar-refractivity contribution in [3.05, 3.63) is 33.5 Å². The molecule has 1 N–H and O–H groups in total. The lowest BCUT2D eigenvalue weighted by molar-refractivity contribution is -0.390. The van der Waals surface area contributed by atoms with Gasteiger partial charge in [0.2, 0.25) is 0 Å². The molecule has 0 bridgehead atoms. The van der Waals surface area contributed by atoms with Crippen molar-refractivity contribution >= 4 is 11.8 Å². The Morgan fingerprint density at radius 3 is 2.76 bits per heavy atom. The minimum atomic E-state index is -0.981. The lowest BCUT2D eigenvalue weighted by atomic mass is 10.2. The summed E-state index contributed by atoms with van der Waals surface area (Å²) in [5.41, 5.74) is 0.720. The summed E-state index contributed by atoms with van der Waals surface area (Å²) < 4.78 is 1.35. The molecule has 1 aromatic heterocycles. The van der Waals surface area contributed by atoms with Gasteiger partial charge >= 0.3 is 11.8 Å². The second-order valence-electron chi connectivity index (χ2n) is 3.50. The monoisotopic (exact) mass is 239 g/mol. The molecule has 0 saturated carbocycles. The van der Waals surface area contributed by atoms with Gasteiger partial charge in [-0.25, -0.2) is 4.79 Å². The summed E-state index contributed by atoms with van der Waals surface area (Å²) in [5, 5.41) is 23.1. The molecule has 0 aliphatic carbocycles. The van der Waals surface area contributed by atoms with Gasteiger partial charge in [-0.1, -0.05) is 13.0 Å². The first-order valence-electron chi connectivity index (χ1n) is 5.06. The number of nitrogens with zero attached hydrogens (tertiary/aromatic N) is 3. The van der Waals surface area contributed by atoms with E-state index >= 15 is 0 Å². The third-order valence-electron chi connectivity index (χ3n) is 2.27. The average Bonchev–Trinajstić information content (AvgIpc) is 2.60. The molecular weight excluding hydrogens is 226 g/mol. The molecule has 0 aliphatic rings. The molecule has 0 amide bonds. The average molecular weight is 239 g/mol. The van der Waals surface area contributed by atoms with Crippen LogP contribution in [0.4, 0.5) is 5.82 Å². The summed E-state index contributed by atoms with van der Waals surface area (Å²) in [5.74, 6) is -1.18. The first kappa shape index (κ1) is 12.9. The Morgan fingerprint density at radius 1 is 1.71 bits per heavy atom. The number of hydrogen-bond acceptors (Lipinski definition) is 4. The predicted molar refractivity (Wildman–Crippen MR) is 59.6 cm³/mol. The van der Waals surface area contributed by atoms with Gasteiger partial charge < -0.3 is 15.2 Å². The van der Waals surface area contributed by atoms with E-state index in [1.54, 1.807) is 13.8 Å². The number of rotatable bonds is 5. The number of hydrogen-bond donors (Lipinski definition) is 1. The number of aromatic nitrogens is 2. The van der Waals surface area contributed by atoms with Crippen molar-refractivity contribution in [2.75, 3.05) is 0 Å². The number of allylic oxidation sites excluding steroid dienone is 1. The van der Waals surface area contributed by atoms with Crippen LogP contribution in [0.1, 0.15) is 18.9 Å². The summed E-state index contributed by atoms with van der Waals surface area (Å²) in [4.78, 5) is 20.7. The molecule has 0 spiro atoms. The first-order chi connectivity index (χ1) is 7.95. The smallest absolute Gasteiger partial charge is 0.392 e. The molecule has 0 aromatic carbocycles. The Kier molecular flexibility index (Phi) is 3.97. The largest absolute Gasteiger partial charge is 0.478 e. The second-order valence-corrected chi connectivity index (χ2v) is 3.50.